The third-order valence-corrected chi connectivity index (χ3v) is 4.21. The topological polar surface area (TPSA) is 68.6 Å². The molecule has 22 heavy (non-hydrogen) atoms. The lowest BCUT2D eigenvalue weighted by atomic mass is 10.2. The Labute approximate surface area is 142 Å². The molecule has 0 bridgehead atoms. The number of fused-ring (bicyclic) bond motifs is 1. The van der Waals surface area contributed by atoms with E-state index < -0.39 is 5.91 Å². The summed E-state index contributed by atoms with van der Waals surface area (Å²) in [6.07, 6.45) is 0. The number of para-hydroxylation sites is 1. The van der Waals surface area contributed by atoms with Crippen LogP contribution < -0.4 is 11.3 Å². The number of primary amides is 1. The van der Waals surface area contributed by atoms with E-state index in [-0.39, 0.29) is 11.1 Å². The molecule has 0 aliphatic heterocycles. The summed E-state index contributed by atoms with van der Waals surface area (Å²) >= 11 is 6.81. The molecule has 0 saturated carbocycles. The van der Waals surface area contributed by atoms with Gasteiger partial charge in [0.05, 0.1) is 5.69 Å². The predicted octanol–water partition coefficient (Wildman–Crippen LogP) is 4.29. The average molecular weight is 422 g/mol. The van der Waals surface area contributed by atoms with Gasteiger partial charge in [0.15, 0.2) is 0 Å². The van der Waals surface area contributed by atoms with E-state index in [2.05, 4.69) is 36.9 Å². The second kappa shape index (κ2) is 6.06. The van der Waals surface area contributed by atoms with Crippen molar-refractivity contribution in [1.29, 1.82) is 0 Å². The number of hydrogen-bond acceptors (Lipinski definition) is 3. The van der Waals surface area contributed by atoms with Crippen molar-refractivity contribution in [3.63, 3.8) is 0 Å². The molecule has 1 amide bonds. The lowest BCUT2D eigenvalue weighted by Crippen LogP contribution is -2.21. The standard InChI is InChI=1S/C16H10Br2N2O2/c17-10-5-6-14-9(7-10)8-11(15(19)21)16(22-14)20-13-4-2-1-3-12(13)18/h1-8H,(H2,19,21). The molecule has 2 N–H and O–H groups in total. The normalized spacial score (nSPS) is 11.8. The van der Waals surface area contributed by atoms with Crippen molar-refractivity contribution >= 4 is 54.4 Å². The van der Waals surface area contributed by atoms with Gasteiger partial charge in [-0.1, -0.05) is 28.1 Å². The Morgan fingerprint density at radius 2 is 1.86 bits per heavy atom. The highest BCUT2D eigenvalue weighted by atomic mass is 79.9. The number of rotatable bonds is 2. The van der Waals surface area contributed by atoms with E-state index in [0.717, 1.165) is 14.3 Å². The van der Waals surface area contributed by atoms with E-state index in [1.807, 2.05) is 42.5 Å². The fourth-order valence-electron chi connectivity index (χ4n) is 2.01. The van der Waals surface area contributed by atoms with Crippen LogP contribution in [-0.4, -0.2) is 5.91 Å². The number of nitrogens with two attached hydrogens (primary N) is 1. The first kappa shape index (κ1) is 15.0. The van der Waals surface area contributed by atoms with E-state index in [4.69, 9.17) is 10.2 Å². The molecule has 110 valence electrons. The van der Waals surface area contributed by atoms with Crippen molar-refractivity contribution in [2.24, 2.45) is 10.7 Å². The summed E-state index contributed by atoms with van der Waals surface area (Å²) in [6.45, 7) is 0. The second-order valence-electron chi connectivity index (χ2n) is 4.57. The van der Waals surface area contributed by atoms with Gasteiger partial charge in [0.2, 0.25) is 5.55 Å². The van der Waals surface area contributed by atoms with Crippen LogP contribution in [-0.2, 0) is 0 Å². The Hall–Kier alpha value is -1.92. The van der Waals surface area contributed by atoms with Crippen molar-refractivity contribution in [3.8, 4) is 0 Å². The van der Waals surface area contributed by atoms with Gasteiger partial charge in [0.25, 0.3) is 5.91 Å². The number of carbonyl (C=O) groups is 1. The van der Waals surface area contributed by atoms with Gasteiger partial charge in [-0.05, 0) is 52.3 Å². The number of hydrogen-bond donors (Lipinski definition) is 1. The highest BCUT2D eigenvalue weighted by molar-refractivity contribution is 9.10. The van der Waals surface area contributed by atoms with E-state index in [9.17, 15) is 4.79 Å². The summed E-state index contributed by atoms with van der Waals surface area (Å²) < 4.78 is 7.45. The van der Waals surface area contributed by atoms with Gasteiger partial charge in [-0.25, -0.2) is 4.99 Å². The summed E-state index contributed by atoms with van der Waals surface area (Å²) in [5.41, 5.74) is 7.16. The summed E-state index contributed by atoms with van der Waals surface area (Å²) in [5.74, 6) is -0.587. The fourth-order valence-corrected chi connectivity index (χ4v) is 2.77. The molecular formula is C16H10Br2N2O2. The molecule has 0 saturated heterocycles. The Morgan fingerprint density at radius 1 is 1.09 bits per heavy atom. The molecule has 3 rings (SSSR count). The van der Waals surface area contributed by atoms with Crippen LogP contribution in [0.25, 0.3) is 11.0 Å². The highest BCUT2D eigenvalue weighted by Crippen LogP contribution is 2.24. The van der Waals surface area contributed by atoms with Crippen molar-refractivity contribution in [2.75, 3.05) is 0 Å². The molecule has 6 heteroatoms. The smallest absolute Gasteiger partial charge is 0.254 e. The fraction of sp³-hybridized carbons (Fsp3) is 0. The molecule has 0 atom stereocenters. The van der Waals surface area contributed by atoms with Crippen LogP contribution >= 0.6 is 31.9 Å². The van der Waals surface area contributed by atoms with Crippen LogP contribution in [0.3, 0.4) is 0 Å². The van der Waals surface area contributed by atoms with Crippen molar-refractivity contribution < 1.29 is 9.21 Å². The molecule has 0 unspecified atom stereocenters. The van der Waals surface area contributed by atoms with Crippen molar-refractivity contribution in [2.45, 2.75) is 0 Å². The van der Waals surface area contributed by atoms with Gasteiger partial charge >= 0.3 is 0 Å². The first-order valence-electron chi connectivity index (χ1n) is 6.37. The van der Waals surface area contributed by atoms with Crippen LogP contribution in [0, 0.1) is 0 Å². The van der Waals surface area contributed by atoms with Crippen LogP contribution in [0.1, 0.15) is 10.4 Å². The van der Waals surface area contributed by atoms with Gasteiger partial charge < -0.3 is 10.2 Å². The third kappa shape index (κ3) is 2.98. The molecule has 1 heterocycles. The summed E-state index contributed by atoms with van der Waals surface area (Å²) in [4.78, 5) is 16.1. The quantitative estimate of drug-likeness (QED) is 0.670. The SMILES string of the molecule is NC(=O)c1cc2cc(Br)ccc2oc1=Nc1ccccc1Br. The number of carbonyl (C=O) groups excluding carboxylic acids is 1. The minimum Gasteiger partial charge on any atom is -0.438 e. The molecule has 2 aromatic carbocycles. The Kier molecular flexibility index (Phi) is 4.13. The lowest BCUT2D eigenvalue weighted by molar-refractivity contribution is 0.0996. The summed E-state index contributed by atoms with van der Waals surface area (Å²) in [5, 5.41) is 0.772. The molecule has 1 aromatic heterocycles. The van der Waals surface area contributed by atoms with Gasteiger partial charge in [0, 0.05) is 14.3 Å². The number of nitrogens with zero attached hydrogens (tertiary/aromatic N) is 1. The second-order valence-corrected chi connectivity index (χ2v) is 6.34. The van der Waals surface area contributed by atoms with Crippen LogP contribution in [0.4, 0.5) is 5.69 Å². The van der Waals surface area contributed by atoms with E-state index >= 15 is 0 Å². The molecule has 0 aliphatic carbocycles. The van der Waals surface area contributed by atoms with E-state index in [1.165, 1.54) is 0 Å². The van der Waals surface area contributed by atoms with Gasteiger partial charge in [-0.3, -0.25) is 4.79 Å². The maximum atomic E-state index is 11.7. The molecule has 0 aliphatic rings. The monoisotopic (exact) mass is 420 g/mol. The minimum absolute atomic E-state index is 0.189. The Balaban J connectivity index is 2.32. The zero-order valence-electron chi connectivity index (χ0n) is 11.2. The first-order chi connectivity index (χ1) is 10.5. The maximum Gasteiger partial charge on any atom is 0.254 e. The summed E-state index contributed by atoms with van der Waals surface area (Å²) in [7, 11) is 0. The Morgan fingerprint density at radius 3 is 2.59 bits per heavy atom. The van der Waals surface area contributed by atoms with Crippen molar-refractivity contribution in [1.82, 2.24) is 0 Å². The minimum atomic E-state index is -0.587. The highest BCUT2D eigenvalue weighted by Gasteiger charge is 2.10. The molecule has 0 fully saturated rings. The number of amides is 1. The molecule has 4 nitrogen and oxygen atoms in total. The zero-order chi connectivity index (χ0) is 15.7. The third-order valence-electron chi connectivity index (χ3n) is 3.05. The zero-order valence-corrected chi connectivity index (χ0v) is 14.4. The van der Waals surface area contributed by atoms with E-state index in [0.29, 0.717) is 11.3 Å². The largest absolute Gasteiger partial charge is 0.438 e. The van der Waals surface area contributed by atoms with E-state index in [1.54, 1.807) is 6.07 Å². The number of halogens is 2. The first-order valence-corrected chi connectivity index (χ1v) is 7.95. The molecule has 0 spiro atoms. The van der Waals surface area contributed by atoms with Gasteiger partial charge in [-0.15, -0.1) is 0 Å². The lowest BCUT2D eigenvalue weighted by Gasteiger charge is -2.03. The number of benzene rings is 2. The Bertz CT molecular complexity index is 948. The van der Waals surface area contributed by atoms with Gasteiger partial charge in [0.1, 0.15) is 11.1 Å². The maximum absolute atomic E-state index is 11.7. The van der Waals surface area contributed by atoms with Crippen LogP contribution in [0.2, 0.25) is 0 Å². The van der Waals surface area contributed by atoms with Crippen LogP contribution in [0.5, 0.6) is 0 Å². The van der Waals surface area contributed by atoms with Crippen LogP contribution in [0.15, 0.2) is 66.9 Å². The van der Waals surface area contributed by atoms with Gasteiger partial charge in [-0.2, -0.15) is 0 Å². The predicted molar refractivity (Wildman–Crippen MR) is 91.8 cm³/mol. The molecular weight excluding hydrogens is 412 g/mol. The average Bonchev–Trinajstić information content (AvgIpc) is 2.49. The molecule has 3 aromatic rings. The van der Waals surface area contributed by atoms with Crippen molar-refractivity contribution in [3.05, 3.63) is 68.6 Å². The summed E-state index contributed by atoms with van der Waals surface area (Å²) in [6, 6.07) is 14.6. The molecule has 0 radical (unpaired) electrons.